The molecule has 1 heterocycles. The summed E-state index contributed by atoms with van der Waals surface area (Å²) in [7, 11) is 0. The van der Waals surface area contributed by atoms with Crippen LogP contribution in [0, 0.1) is 5.82 Å². The number of halogens is 1. The number of ether oxygens (including phenoxy) is 2. The zero-order chi connectivity index (χ0) is 18.8. The summed E-state index contributed by atoms with van der Waals surface area (Å²) in [5.41, 5.74) is 0.143. The van der Waals surface area contributed by atoms with Crippen molar-refractivity contribution in [3.05, 3.63) is 23.5 Å². The Kier molecular flexibility index (Phi) is 5.90. The fourth-order valence-electron chi connectivity index (χ4n) is 2.87. The molecule has 1 aromatic carbocycles. The van der Waals surface area contributed by atoms with Gasteiger partial charge in [-0.15, -0.1) is 0 Å². The molecule has 2 rings (SSSR count). The van der Waals surface area contributed by atoms with Crippen LogP contribution in [0.1, 0.15) is 40.2 Å². The van der Waals surface area contributed by atoms with Crippen LogP contribution < -0.4 is 10.2 Å². The van der Waals surface area contributed by atoms with Gasteiger partial charge in [-0.1, -0.05) is 0 Å². The Balaban J connectivity index is 2.30. The molecule has 2 N–H and O–H groups in total. The van der Waals surface area contributed by atoms with E-state index in [0.29, 0.717) is 24.3 Å². The molecule has 2 atom stereocenters. The van der Waals surface area contributed by atoms with E-state index in [1.54, 1.807) is 26.8 Å². The highest BCUT2D eigenvalue weighted by Crippen LogP contribution is 2.31. The van der Waals surface area contributed by atoms with Crippen molar-refractivity contribution in [2.24, 2.45) is 0 Å². The molecule has 0 unspecified atom stereocenters. The Morgan fingerprint density at radius 3 is 2.48 bits per heavy atom. The molecule has 1 aromatic rings. The normalized spacial score (nSPS) is 21.2. The Morgan fingerprint density at radius 2 is 1.96 bits per heavy atom. The highest BCUT2D eigenvalue weighted by molar-refractivity contribution is 5.86. The number of amides is 1. The number of rotatable bonds is 3. The molecule has 6 nitrogen and oxygen atoms in total. The standard InChI is InChI=1S/C18H27FN2O4/c1-11-8-21(9-12(2)24-11)15-7-13(10-22)6-14(16(15)19)20-17(23)25-18(3,4)5/h6-7,11-12,22H,8-10H2,1-5H3,(H,20,23)/t11-,12+. The van der Waals surface area contributed by atoms with Gasteiger partial charge in [-0.25, -0.2) is 9.18 Å². The Hall–Kier alpha value is -1.86. The van der Waals surface area contributed by atoms with Gasteiger partial charge in [-0.2, -0.15) is 0 Å². The number of hydrogen-bond donors (Lipinski definition) is 2. The molecule has 1 saturated heterocycles. The van der Waals surface area contributed by atoms with E-state index in [-0.39, 0.29) is 24.5 Å². The molecule has 1 amide bonds. The van der Waals surface area contributed by atoms with Crippen LogP contribution in [0.2, 0.25) is 0 Å². The van der Waals surface area contributed by atoms with Crippen LogP contribution in [-0.4, -0.2) is 42.1 Å². The Morgan fingerprint density at radius 1 is 1.36 bits per heavy atom. The summed E-state index contributed by atoms with van der Waals surface area (Å²) in [4.78, 5) is 13.8. The van der Waals surface area contributed by atoms with Gasteiger partial charge >= 0.3 is 6.09 Å². The largest absolute Gasteiger partial charge is 0.444 e. The van der Waals surface area contributed by atoms with E-state index in [0.717, 1.165) is 0 Å². The molecule has 0 aromatic heterocycles. The molecule has 1 aliphatic rings. The molecule has 140 valence electrons. The lowest BCUT2D eigenvalue weighted by molar-refractivity contribution is -0.00540. The van der Waals surface area contributed by atoms with Crippen LogP contribution in [-0.2, 0) is 16.1 Å². The van der Waals surface area contributed by atoms with Crippen molar-refractivity contribution in [2.75, 3.05) is 23.3 Å². The number of carbonyl (C=O) groups is 1. The first-order chi connectivity index (χ1) is 11.6. The third kappa shape index (κ3) is 5.31. The molecular weight excluding hydrogens is 327 g/mol. The van der Waals surface area contributed by atoms with Crippen molar-refractivity contribution in [1.29, 1.82) is 0 Å². The highest BCUT2D eigenvalue weighted by atomic mass is 19.1. The monoisotopic (exact) mass is 354 g/mol. The topological polar surface area (TPSA) is 71.0 Å². The SMILES string of the molecule is C[C@@H]1CN(c2cc(CO)cc(NC(=O)OC(C)(C)C)c2F)C[C@H](C)O1. The van der Waals surface area contributed by atoms with Gasteiger partial charge in [0.05, 0.1) is 30.2 Å². The van der Waals surface area contributed by atoms with Crippen molar-refractivity contribution in [3.8, 4) is 0 Å². The highest BCUT2D eigenvalue weighted by Gasteiger charge is 2.26. The maximum absolute atomic E-state index is 15.0. The molecule has 1 fully saturated rings. The second-order valence-electron chi connectivity index (χ2n) is 7.42. The van der Waals surface area contributed by atoms with Crippen LogP contribution in [0.15, 0.2) is 12.1 Å². The molecule has 0 spiro atoms. The lowest BCUT2D eigenvalue weighted by Gasteiger charge is -2.37. The summed E-state index contributed by atoms with van der Waals surface area (Å²) in [6.07, 6.45) is -0.817. The molecule has 0 bridgehead atoms. The molecule has 0 radical (unpaired) electrons. The van der Waals surface area contributed by atoms with Crippen LogP contribution >= 0.6 is 0 Å². The molecular formula is C18H27FN2O4. The number of aliphatic hydroxyl groups is 1. The summed E-state index contributed by atoms with van der Waals surface area (Å²) in [5.74, 6) is -0.552. The summed E-state index contributed by atoms with van der Waals surface area (Å²) >= 11 is 0. The summed E-state index contributed by atoms with van der Waals surface area (Å²) < 4.78 is 25.8. The van der Waals surface area contributed by atoms with Crippen molar-refractivity contribution in [3.63, 3.8) is 0 Å². The van der Waals surface area contributed by atoms with Gasteiger partial charge in [-0.05, 0) is 52.3 Å². The van der Waals surface area contributed by atoms with Gasteiger partial charge in [0.15, 0.2) is 5.82 Å². The van der Waals surface area contributed by atoms with Crippen molar-refractivity contribution < 1.29 is 23.8 Å². The van der Waals surface area contributed by atoms with Crippen molar-refractivity contribution >= 4 is 17.5 Å². The smallest absolute Gasteiger partial charge is 0.412 e. The third-order valence-corrected chi connectivity index (χ3v) is 3.69. The maximum Gasteiger partial charge on any atom is 0.412 e. The number of morpholine rings is 1. The van der Waals surface area contributed by atoms with Gasteiger partial charge < -0.3 is 19.5 Å². The first-order valence-corrected chi connectivity index (χ1v) is 8.42. The van der Waals surface area contributed by atoms with Gasteiger partial charge in [0.2, 0.25) is 0 Å². The summed E-state index contributed by atoms with van der Waals surface area (Å²) in [5, 5.41) is 11.9. The van der Waals surface area contributed by atoms with Gasteiger partial charge in [-0.3, -0.25) is 5.32 Å². The second-order valence-corrected chi connectivity index (χ2v) is 7.42. The minimum Gasteiger partial charge on any atom is -0.444 e. The van der Waals surface area contributed by atoms with E-state index in [9.17, 15) is 14.3 Å². The first-order valence-electron chi connectivity index (χ1n) is 8.42. The van der Waals surface area contributed by atoms with Crippen LogP contribution in [0.5, 0.6) is 0 Å². The van der Waals surface area contributed by atoms with E-state index in [1.807, 2.05) is 18.7 Å². The van der Waals surface area contributed by atoms with E-state index in [1.165, 1.54) is 6.07 Å². The lowest BCUT2D eigenvalue weighted by Crippen LogP contribution is -2.46. The number of hydrogen-bond acceptors (Lipinski definition) is 5. The van der Waals surface area contributed by atoms with Crippen LogP contribution in [0.3, 0.4) is 0 Å². The summed E-state index contributed by atoms with van der Waals surface area (Å²) in [6.45, 7) is 9.85. The van der Waals surface area contributed by atoms with E-state index >= 15 is 0 Å². The van der Waals surface area contributed by atoms with Gasteiger partial charge in [0.1, 0.15) is 5.60 Å². The number of anilines is 2. The minimum absolute atomic E-state index is 0.0115. The third-order valence-electron chi connectivity index (χ3n) is 3.69. The van der Waals surface area contributed by atoms with Gasteiger partial charge in [0, 0.05) is 13.1 Å². The predicted molar refractivity (Wildman–Crippen MR) is 94.4 cm³/mol. The number of aliphatic hydroxyl groups excluding tert-OH is 1. The number of nitrogens with one attached hydrogen (secondary N) is 1. The predicted octanol–water partition coefficient (Wildman–Crippen LogP) is 3.28. The molecule has 1 aliphatic heterocycles. The van der Waals surface area contributed by atoms with Crippen molar-refractivity contribution in [2.45, 2.75) is 59.0 Å². The average Bonchev–Trinajstić information content (AvgIpc) is 2.46. The first kappa shape index (κ1) is 19.5. The van der Waals surface area contributed by atoms with Crippen LogP contribution in [0.25, 0.3) is 0 Å². The Labute approximate surface area is 147 Å². The zero-order valence-corrected chi connectivity index (χ0v) is 15.4. The number of nitrogens with zero attached hydrogens (tertiary/aromatic N) is 1. The minimum atomic E-state index is -0.740. The van der Waals surface area contributed by atoms with Gasteiger partial charge in [0.25, 0.3) is 0 Å². The quantitative estimate of drug-likeness (QED) is 0.872. The van der Waals surface area contributed by atoms with E-state index in [2.05, 4.69) is 5.32 Å². The average molecular weight is 354 g/mol. The lowest BCUT2D eigenvalue weighted by atomic mass is 10.1. The summed E-state index contributed by atoms with van der Waals surface area (Å²) in [6, 6.07) is 3.01. The second kappa shape index (κ2) is 7.58. The van der Waals surface area contributed by atoms with E-state index < -0.39 is 17.5 Å². The van der Waals surface area contributed by atoms with E-state index in [4.69, 9.17) is 9.47 Å². The van der Waals surface area contributed by atoms with Crippen LogP contribution in [0.4, 0.5) is 20.6 Å². The Bertz CT molecular complexity index is 620. The fourth-order valence-corrected chi connectivity index (χ4v) is 2.87. The molecule has 7 heteroatoms. The number of carbonyl (C=O) groups excluding carboxylic acids is 1. The maximum atomic E-state index is 15.0. The zero-order valence-electron chi connectivity index (χ0n) is 15.4. The molecule has 0 saturated carbocycles. The molecule has 0 aliphatic carbocycles. The number of benzene rings is 1. The fraction of sp³-hybridized carbons (Fsp3) is 0.611. The molecule has 25 heavy (non-hydrogen) atoms. The van der Waals surface area contributed by atoms with Crippen molar-refractivity contribution in [1.82, 2.24) is 0 Å².